The van der Waals surface area contributed by atoms with Gasteiger partial charge in [-0.25, -0.2) is 9.97 Å². The second-order valence-corrected chi connectivity index (χ2v) is 5.38. The Morgan fingerprint density at radius 1 is 1.19 bits per heavy atom. The summed E-state index contributed by atoms with van der Waals surface area (Å²) >= 11 is 12.7. The number of hydrogen-bond donors (Lipinski definition) is 0. The van der Waals surface area contributed by atoms with Crippen molar-refractivity contribution < 1.29 is 0 Å². The number of benzene rings is 1. The lowest BCUT2D eigenvalue weighted by molar-refractivity contribution is 1.16. The van der Waals surface area contributed by atoms with Crippen molar-refractivity contribution in [1.29, 1.82) is 0 Å². The molecule has 0 saturated carbocycles. The molecule has 16 heavy (non-hydrogen) atoms. The summed E-state index contributed by atoms with van der Waals surface area (Å²) in [5.74, 6) is 0.611. The van der Waals surface area contributed by atoms with Crippen LogP contribution in [0.15, 0.2) is 33.3 Å². The second-order valence-electron chi connectivity index (χ2n) is 3.32. The standard InChI is InChI=1S/C11H7Br2ClN2/c1-6-2-3-7(8(12)4-6)11-15-5-9(13)10(14)16-11/h2-5H,1H3. The normalized spacial score (nSPS) is 10.5. The number of aromatic nitrogens is 2. The van der Waals surface area contributed by atoms with Gasteiger partial charge in [-0.1, -0.05) is 33.6 Å². The largest absolute Gasteiger partial charge is 0.235 e. The fraction of sp³-hybridized carbons (Fsp3) is 0.0909. The fourth-order valence-corrected chi connectivity index (χ4v) is 2.27. The summed E-state index contributed by atoms with van der Waals surface area (Å²) < 4.78 is 1.66. The van der Waals surface area contributed by atoms with E-state index in [0.29, 0.717) is 15.5 Å². The van der Waals surface area contributed by atoms with Crippen molar-refractivity contribution in [2.45, 2.75) is 6.92 Å². The number of aryl methyl sites for hydroxylation is 1. The summed E-state index contributed by atoms with van der Waals surface area (Å²) in [5, 5.41) is 0.414. The molecule has 0 atom stereocenters. The molecule has 1 aromatic carbocycles. The van der Waals surface area contributed by atoms with Crippen molar-refractivity contribution in [2.24, 2.45) is 0 Å². The molecule has 5 heteroatoms. The first-order chi connectivity index (χ1) is 7.58. The number of hydrogen-bond acceptors (Lipinski definition) is 2. The molecule has 0 N–H and O–H groups in total. The SMILES string of the molecule is Cc1ccc(-c2ncc(Br)c(Cl)n2)c(Br)c1. The summed E-state index contributed by atoms with van der Waals surface area (Å²) in [5.41, 5.74) is 2.11. The minimum absolute atomic E-state index is 0.414. The molecule has 0 radical (unpaired) electrons. The maximum atomic E-state index is 5.93. The molecule has 0 unspecified atom stereocenters. The van der Waals surface area contributed by atoms with E-state index in [1.54, 1.807) is 6.20 Å². The zero-order valence-electron chi connectivity index (χ0n) is 8.34. The van der Waals surface area contributed by atoms with Gasteiger partial charge in [0.2, 0.25) is 0 Å². The van der Waals surface area contributed by atoms with Gasteiger partial charge in [0.05, 0.1) is 4.47 Å². The van der Waals surface area contributed by atoms with E-state index in [0.717, 1.165) is 10.0 Å². The maximum absolute atomic E-state index is 5.93. The van der Waals surface area contributed by atoms with E-state index >= 15 is 0 Å². The van der Waals surface area contributed by atoms with Crippen molar-refractivity contribution in [3.63, 3.8) is 0 Å². The highest BCUT2D eigenvalue weighted by molar-refractivity contribution is 9.11. The summed E-state index contributed by atoms with van der Waals surface area (Å²) in [4.78, 5) is 8.44. The van der Waals surface area contributed by atoms with E-state index in [2.05, 4.69) is 41.8 Å². The predicted octanol–water partition coefficient (Wildman–Crippen LogP) is 4.63. The van der Waals surface area contributed by atoms with Crippen molar-refractivity contribution in [1.82, 2.24) is 9.97 Å². The van der Waals surface area contributed by atoms with Crippen LogP contribution in [0.25, 0.3) is 11.4 Å². The molecule has 0 aliphatic carbocycles. The van der Waals surface area contributed by atoms with Gasteiger partial charge < -0.3 is 0 Å². The van der Waals surface area contributed by atoms with Gasteiger partial charge in [0.15, 0.2) is 5.82 Å². The van der Waals surface area contributed by atoms with Crippen LogP contribution in [0.2, 0.25) is 5.15 Å². The van der Waals surface area contributed by atoms with Gasteiger partial charge in [0.25, 0.3) is 0 Å². The number of halogens is 3. The molecule has 2 rings (SSSR count). The summed E-state index contributed by atoms with van der Waals surface area (Å²) in [6.45, 7) is 2.03. The second kappa shape index (κ2) is 4.82. The molecule has 2 nitrogen and oxygen atoms in total. The minimum atomic E-state index is 0.414. The molecule has 0 amide bonds. The van der Waals surface area contributed by atoms with Crippen molar-refractivity contribution in [3.05, 3.63) is 44.1 Å². The quantitative estimate of drug-likeness (QED) is 0.691. The lowest BCUT2D eigenvalue weighted by atomic mass is 10.1. The Morgan fingerprint density at radius 3 is 2.56 bits per heavy atom. The third kappa shape index (κ3) is 2.44. The van der Waals surface area contributed by atoms with Crippen LogP contribution in [0, 0.1) is 6.92 Å². The Balaban J connectivity index is 2.54. The van der Waals surface area contributed by atoms with Crippen LogP contribution >= 0.6 is 43.5 Å². The van der Waals surface area contributed by atoms with E-state index in [9.17, 15) is 0 Å². The Morgan fingerprint density at radius 2 is 1.94 bits per heavy atom. The molecule has 1 heterocycles. The minimum Gasteiger partial charge on any atom is -0.235 e. The molecule has 82 valence electrons. The van der Waals surface area contributed by atoms with Gasteiger partial charge in [-0.2, -0.15) is 0 Å². The van der Waals surface area contributed by atoms with Crippen molar-refractivity contribution in [2.75, 3.05) is 0 Å². The maximum Gasteiger partial charge on any atom is 0.162 e. The molecule has 0 saturated heterocycles. The molecule has 0 aliphatic rings. The smallest absolute Gasteiger partial charge is 0.162 e. The van der Waals surface area contributed by atoms with Gasteiger partial charge in [-0.3, -0.25) is 0 Å². The van der Waals surface area contributed by atoms with Crippen LogP contribution in [0.4, 0.5) is 0 Å². The van der Waals surface area contributed by atoms with E-state index in [4.69, 9.17) is 11.6 Å². The molecular weight excluding hydrogens is 355 g/mol. The van der Waals surface area contributed by atoms with Gasteiger partial charge in [0, 0.05) is 16.2 Å². The lowest BCUT2D eigenvalue weighted by Gasteiger charge is -2.05. The van der Waals surface area contributed by atoms with Crippen LogP contribution in [0.3, 0.4) is 0 Å². The van der Waals surface area contributed by atoms with Gasteiger partial charge in [-0.15, -0.1) is 0 Å². The molecule has 2 aromatic rings. The molecular formula is C11H7Br2ClN2. The zero-order valence-corrected chi connectivity index (χ0v) is 12.3. The van der Waals surface area contributed by atoms with Crippen LogP contribution in [0.5, 0.6) is 0 Å². The highest BCUT2D eigenvalue weighted by atomic mass is 79.9. The van der Waals surface area contributed by atoms with E-state index < -0.39 is 0 Å². The summed E-state index contributed by atoms with van der Waals surface area (Å²) in [7, 11) is 0. The first-order valence-corrected chi connectivity index (χ1v) is 6.49. The third-order valence-electron chi connectivity index (χ3n) is 2.07. The van der Waals surface area contributed by atoms with Crippen LogP contribution in [0.1, 0.15) is 5.56 Å². The molecule has 0 spiro atoms. The van der Waals surface area contributed by atoms with Gasteiger partial charge in [-0.05, 0) is 40.5 Å². The van der Waals surface area contributed by atoms with E-state index in [1.165, 1.54) is 5.56 Å². The van der Waals surface area contributed by atoms with Gasteiger partial charge in [0.1, 0.15) is 5.15 Å². The van der Waals surface area contributed by atoms with E-state index in [-0.39, 0.29) is 0 Å². The first kappa shape index (κ1) is 12.0. The van der Waals surface area contributed by atoms with Crippen LogP contribution in [-0.4, -0.2) is 9.97 Å². The lowest BCUT2D eigenvalue weighted by Crippen LogP contribution is -1.91. The Bertz CT molecular complexity index is 544. The Hall–Kier alpha value is -0.450. The van der Waals surface area contributed by atoms with Crippen molar-refractivity contribution in [3.8, 4) is 11.4 Å². The molecule has 0 fully saturated rings. The Labute approximate surface area is 115 Å². The summed E-state index contributed by atoms with van der Waals surface area (Å²) in [6.07, 6.45) is 1.65. The van der Waals surface area contributed by atoms with Gasteiger partial charge >= 0.3 is 0 Å². The molecule has 1 aromatic heterocycles. The topological polar surface area (TPSA) is 25.8 Å². The number of nitrogens with zero attached hydrogens (tertiary/aromatic N) is 2. The van der Waals surface area contributed by atoms with Crippen molar-refractivity contribution >= 4 is 43.5 Å². The first-order valence-electron chi connectivity index (χ1n) is 4.52. The zero-order chi connectivity index (χ0) is 11.7. The Kier molecular flexibility index (Phi) is 3.62. The highest BCUT2D eigenvalue weighted by Crippen LogP contribution is 2.28. The highest BCUT2D eigenvalue weighted by Gasteiger charge is 2.08. The molecule has 0 aliphatic heterocycles. The monoisotopic (exact) mass is 360 g/mol. The third-order valence-corrected chi connectivity index (χ3v) is 3.82. The molecule has 0 bridgehead atoms. The van der Waals surface area contributed by atoms with Crippen LogP contribution in [-0.2, 0) is 0 Å². The number of rotatable bonds is 1. The average Bonchev–Trinajstić information content (AvgIpc) is 2.22. The van der Waals surface area contributed by atoms with E-state index in [1.807, 2.05) is 25.1 Å². The predicted molar refractivity (Wildman–Crippen MR) is 72.6 cm³/mol. The average molecular weight is 362 g/mol. The van der Waals surface area contributed by atoms with Crippen LogP contribution < -0.4 is 0 Å². The summed E-state index contributed by atoms with van der Waals surface area (Å²) in [6, 6.07) is 6.01. The fourth-order valence-electron chi connectivity index (χ4n) is 1.28.